The molecule has 1 aliphatic rings. The monoisotopic (exact) mass is 153 g/mol. The molecule has 1 aliphatic carbocycles. The largest absolute Gasteiger partial charge is 0.327 e. The standard InChI is InChI=1S/C9H15NO/c1-2-4-9(11)7-5-3-6-8(7)10/h2,4,7-8H,3,5-6,10H2,1H3/b4-2+/t7-,8+/m1/s1. The van der Waals surface area contributed by atoms with Crippen molar-refractivity contribution in [2.24, 2.45) is 11.7 Å². The van der Waals surface area contributed by atoms with Gasteiger partial charge in [-0.25, -0.2) is 0 Å². The Balaban J connectivity index is 2.52. The first-order valence-corrected chi connectivity index (χ1v) is 4.18. The predicted molar refractivity (Wildman–Crippen MR) is 45.1 cm³/mol. The Morgan fingerprint density at radius 2 is 2.27 bits per heavy atom. The molecule has 2 heteroatoms. The first kappa shape index (κ1) is 8.47. The zero-order valence-corrected chi connectivity index (χ0v) is 6.92. The second-order valence-corrected chi connectivity index (χ2v) is 3.10. The molecule has 0 radical (unpaired) electrons. The van der Waals surface area contributed by atoms with Crippen molar-refractivity contribution in [1.29, 1.82) is 0 Å². The Hall–Kier alpha value is -0.630. The molecule has 0 bridgehead atoms. The van der Waals surface area contributed by atoms with E-state index < -0.39 is 0 Å². The smallest absolute Gasteiger partial charge is 0.159 e. The maximum Gasteiger partial charge on any atom is 0.159 e. The Morgan fingerprint density at radius 3 is 2.73 bits per heavy atom. The molecule has 0 spiro atoms. The van der Waals surface area contributed by atoms with Crippen molar-refractivity contribution < 1.29 is 4.79 Å². The fourth-order valence-corrected chi connectivity index (χ4v) is 1.63. The van der Waals surface area contributed by atoms with Crippen LogP contribution in [0.4, 0.5) is 0 Å². The molecule has 2 atom stereocenters. The molecule has 1 fully saturated rings. The molecular weight excluding hydrogens is 138 g/mol. The van der Waals surface area contributed by atoms with Gasteiger partial charge in [-0.1, -0.05) is 12.5 Å². The highest BCUT2D eigenvalue weighted by Gasteiger charge is 2.28. The summed E-state index contributed by atoms with van der Waals surface area (Å²) in [4.78, 5) is 11.3. The lowest BCUT2D eigenvalue weighted by atomic mass is 9.99. The van der Waals surface area contributed by atoms with Gasteiger partial charge in [0.2, 0.25) is 0 Å². The lowest BCUT2D eigenvalue weighted by Crippen LogP contribution is -2.29. The van der Waals surface area contributed by atoms with Crippen molar-refractivity contribution in [3.05, 3.63) is 12.2 Å². The molecule has 0 aromatic rings. The average molecular weight is 153 g/mol. The normalized spacial score (nSPS) is 31.5. The van der Waals surface area contributed by atoms with Crippen LogP contribution in [0.1, 0.15) is 26.2 Å². The number of hydrogen-bond donors (Lipinski definition) is 1. The molecule has 11 heavy (non-hydrogen) atoms. The van der Waals surface area contributed by atoms with Crippen LogP contribution in [0.2, 0.25) is 0 Å². The second kappa shape index (κ2) is 3.67. The van der Waals surface area contributed by atoms with E-state index in [0.29, 0.717) is 0 Å². The summed E-state index contributed by atoms with van der Waals surface area (Å²) in [5.74, 6) is 0.309. The van der Waals surface area contributed by atoms with E-state index in [0.717, 1.165) is 19.3 Å². The molecule has 0 aliphatic heterocycles. The number of allylic oxidation sites excluding steroid dienone is 2. The van der Waals surface area contributed by atoms with Gasteiger partial charge in [0.1, 0.15) is 0 Å². The van der Waals surface area contributed by atoms with Crippen LogP contribution >= 0.6 is 0 Å². The summed E-state index contributed by atoms with van der Waals surface area (Å²) in [5.41, 5.74) is 5.76. The van der Waals surface area contributed by atoms with Crippen molar-refractivity contribution in [3.63, 3.8) is 0 Å². The van der Waals surface area contributed by atoms with Crippen LogP contribution in [0.25, 0.3) is 0 Å². The molecule has 0 unspecified atom stereocenters. The summed E-state index contributed by atoms with van der Waals surface area (Å²) >= 11 is 0. The van der Waals surface area contributed by atoms with Crippen molar-refractivity contribution in [2.45, 2.75) is 32.2 Å². The minimum Gasteiger partial charge on any atom is -0.327 e. The predicted octanol–water partition coefficient (Wildman–Crippen LogP) is 1.26. The van der Waals surface area contributed by atoms with E-state index in [2.05, 4.69) is 0 Å². The van der Waals surface area contributed by atoms with E-state index in [9.17, 15) is 4.79 Å². The summed E-state index contributed by atoms with van der Waals surface area (Å²) in [5, 5.41) is 0. The van der Waals surface area contributed by atoms with Crippen LogP contribution in [0.5, 0.6) is 0 Å². The third-order valence-electron chi connectivity index (χ3n) is 2.27. The van der Waals surface area contributed by atoms with Gasteiger partial charge in [0, 0.05) is 12.0 Å². The molecule has 0 heterocycles. The van der Waals surface area contributed by atoms with Gasteiger partial charge in [0.15, 0.2) is 5.78 Å². The highest BCUT2D eigenvalue weighted by molar-refractivity contribution is 5.92. The molecule has 0 aromatic heterocycles. The minimum atomic E-state index is 0.103. The Kier molecular flexibility index (Phi) is 2.83. The van der Waals surface area contributed by atoms with Crippen molar-refractivity contribution >= 4 is 5.78 Å². The van der Waals surface area contributed by atoms with E-state index >= 15 is 0 Å². The van der Waals surface area contributed by atoms with Gasteiger partial charge in [-0.15, -0.1) is 0 Å². The first-order valence-electron chi connectivity index (χ1n) is 4.18. The molecule has 2 N–H and O–H groups in total. The lowest BCUT2D eigenvalue weighted by molar-refractivity contribution is -0.118. The highest BCUT2D eigenvalue weighted by atomic mass is 16.1. The maximum atomic E-state index is 11.3. The third kappa shape index (κ3) is 1.90. The van der Waals surface area contributed by atoms with Crippen molar-refractivity contribution in [1.82, 2.24) is 0 Å². The molecular formula is C9H15NO. The van der Waals surface area contributed by atoms with Gasteiger partial charge in [-0.3, -0.25) is 4.79 Å². The SMILES string of the molecule is C/C=C/C(=O)[C@@H]1CCC[C@@H]1N. The average Bonchev–Trinajstić information content (AvgIpc) is 2.36. The molecule has 2 nitrogen and oxygen atoms in total. The van der Waals surface area contributed by atoms with Gasteiger partial charge < -0.3 is 5.73 Å². The summed E-state index contributed by atoms with van der Waals surface area (Å²) < 4.78 is 0. The van der Waals surface area contributed by atoms with Gasteiger partial charge in [-0.2, -0.15) is 0 Å². The number of rotatable bonds is 2. The first-order chi connectivity index (χ1) is 5.25. The van der Waals surface area contributed by atoms with E-state index in [-0.39, 0.29) is 17.7 Å². The Labute approximate surface area is 67.5 Å². The van der Waals surface area contributed by atoms with Crippen LogP contribution in [0.3, 0.4) is 0 Å². The summed E-state index contributed by atoms with van der Waals surface area (Å²) in [6.07, 6.45) is 6.51. The van der Waals surface area contributed by atoms with Crippen LogP contribution in [0, 0.1) is 5.92 Å². The molecule has 0 saturated heterocycles. The molecule has 1 rings (SSSR count). The number of carbonyl (C=O) groups is 1. The van der Waals surface area contributed by atoms with E-state index in [1.54, 1.807) is 12.2 Å². The Bertz CT molecular complexity index is 174. The summed E-state index contributed by atoms with van der Waals surface area (Å²) in [6, 6.07) is 0.110. The molecule has 62 valence electrons. The topological polar surface area (TPSA) is 43.1 Å². The number of carbonyl (C=O) groups excluding carboxylic acids is 1. The van der Waals surface area contributed by atoms with Gasteiger partial charge in [0.25, 0.3) is 0 Å². The van der Waals surface area contributed by atoms with Gasteiger partial charge in [0.05, 0.1) is 0 Å². The number of ketones is 1. The maximum absolute atomic E-state index is 11.3. The molecule has 0 aromatic carbocycles. The fraction of sp³-hybridized carbons (Fsp3) is 0.667. The summed E-state index contributed by atoms with van der Waals surface area (Å²) in [7, 11) is 0. The van der Waals surface area contributed by atoms with E-state index in [1.165, 1.54) is 0 Å². The van der Waals surface area contributed by atoms with E-state index in [1.807, 2.05) is 6.92 Å². The van der Waals surface area contributed by atoms with Crippen LogP contribution < -0.4 is 5.73 Å². The Morgan fingerprint density at radius 1 is 1.55 bits per heavy atom. The second-order valence-electron chi connectivity index (χ2n) is 3.10. The van der Waals surface area contributed by atoms with Gasteiger partial charge >= 0.3 is 0 Å². The fourth-order valence-electron chi connectivity index (χ4n) is 1.63. The lowest BCUT2D eigenvalue weighted by Gasteiger charge is -2.10. The van der Waals surface area contributed by atoms with Crippen LogP contribution in [-0.4, -0.2) is 11.8 Å². The van der Waals surface area contributed by atoms with E-state index in [4.69, 9.17) is 5.73 Å². The minimum absolute atomic E-state index is 0.103. The quantitative estimate of drug-likeness (QED) is 0.607. The highest BCUT2D eigenvalue weighted by Crippen LogP contribution is 2.24. The number of hydrogen-bond acceptors (Lipinski definition) is 2. The zero-order valence-electron chi connectivity index (χ0n) is 6.92. The zero-order chi connectivity index (χ0) is 8.27. The van der Waals surface area contributed by atoms with Crippen molar-refractivity contribution in [2.75, 3.05) is 0 Å². The van der Waals surface area contributed by atoms with Gasteiger partial charge in [-0.05, 0) is 25.8 Å². The molecule has 1 saturated carbocycles. The van der Waals surface area contributed by atoms with Crippen LogP contribution in [-0.2, 0) is 4.79 Å². The van der Waals surface area contributed by atoms with Crippen molar-refractivity contribution in [3.8, 4) is 0 Å². The number of nitrogens with two attached hydrogens (primary N) is 1. The van der Waals surface area contributed by atoms with Crippen LogP contribution in [0.15, 0.2) is 12.2 Å². The summed E-state index contributed by atoms with van der Waals surface area (Å²) in [6.45, 7) is 1.86. The molecule has 0 amide bonds. The third-order valence-corrected chi connectivity index (χ3v) is 2.27.